The van der Waals surface area contributed by atoms with Crippen LogP contribution in [0.1, 0.15) is 22.3 Å². The normalized spacial score (nSPS) is 14.2. The van der Waals surface area contributed by atoms with E-state index in [-0.39, 0.29) is 11.5 Å². The van der Waals surface area contributed by atoms with Crippen molar-refractivity contribution >= 4 is 17.2 Å². The molecule has 0 radical (unpaired) electrons. The van der Waals surface area contributed by atoms with Gasteiger partial charge in [0, 0.05) is 24.7 Å². The molecule has 122 valence electrons. The zero-order valence-electron chi connectivity index (χ0n) is 12.9. The summed E-state index contributed by atoms with van der Waals surface area (Å²) >= 11 is 0. The van der Waals surface area contributed by atoms with Gasteiger partial charge in [0.2, 0.25) is 0 Å². The summed E-state index contributed by atoms with van der Waals surface area (Å²) in [7, 11) is 0. The van der Waals surface area contributed by atoms with Crippen LogP contribution < -0.4 is 0 Å². The maximum atomic E-state index is 12.5. The maximum absolute atomic E-state index is 12.5. The van der Waals surface area contributed by atoms with E-state index < -0.39 is 16.4 Å². The highest BCUT2D eigenvalue weighted by Crippen LogP contribution is 2.28. The van der Waals surface area contributed by atoms with Gasteiger partial charge in [-0.15, -0.1) is 0 Å². The summed E-state index contributed by atoms with van der Waals surface area (Å²) in [6.07, 6.45) is 2.76. The molecule has 0 saturated heterocycles. The van der Waals surface area contributed by atoms with Gasteiger partial charge in [-0.2, -0.15) is 0 Å². The molecule has 0 bridgehead atoms. The summed E-state index contributed by atoms with van der Waals surface area (Å²) in [5.41, 5.74) is 2.19. The van der Waals surface area contributed by atoms with Crippen molar-refractivity contribution in [3.05, 3.63) is 75.8 Å². The van der Waals surface area contributed by atoms with Crippen LogP contribution in [0.4, 0.5) is 5.69 Å². The first-order chi connectivity index (χ1) is 11.6. The smallest absolute Gasteiger partial charge is 0.310 e. The fraction of sp³-hybridized carbons (Fsp3) is 0.167. The molecule has 2 aromatic rings. The van der Waals surface area contributed by atoms with Crippen molar-refractivity contribution in [3.63, 3.8) is 0 Å². The first-order valence-electron chi connectivity index (χ1n) is 7.57. The van der Waals surface area contributed by atoms with Crippen LogP contribution in [0.5, 0.6) is 5.75 Å². The van der Waals surface area contributed by atoms with Crippen LogP contribution in [0.25, 0.3) is 5.57 Å². The lowest BCUT2D eigenvalue weighted by molar-refractivity contribution is -0.385. The Bertz CT molecular complexity index is 815. The van der Waals surface area contributed by atoms with Crippen molar-refractivity contribution in [2.24, 2.45) is 0 Å². The van der Waals surface area contributed by atoms with E-state index in [1.165, 1.54) is 11.6 Å². The molecule has 2 aromatic carbocycles. The molecule has 0 fully saturated rings. The second-order valence-electron chi connectivity index (χ2n) is 5.56. The monoisotopic (exact) mass is 324 g/mol. The van der Waals surface area contributed by atoms with Gasteiger partial charge in [0.25, 0.3) is 5.91 Å². The number of nitro benzene ring substituents is 1. The van der Waals surface area contributed by atoms with Crippen LogP contribution in [-0.2, 0) is 0 Å². The average Bonchev–Trinajstić information content (AvgIpc) is 2.61. The highest BCUT2D eigenvalue weighted by Gasteiger charge is 2.22. The Labute approximate surface area is 138 Å². The average molecular weight is 324 g/mol. The van der Waals surface area contributed by atoms with Crippen molar-refractivity contribution in [1.82, 2.24) is 4.90 Å². The number of nitrogens with zero attached hydrogens (tertiary/aromatic N) is 2. The predicted octanol–water partition coefficient (Wildman–Crippen LogP) is 3.23. The number of hydrogen-bond donors (Lipinski definition) is 1. The van der Waals surface area contributed by atoms with Gasteiger partial charge in [-0.1, -0.05) is 36.4 Å². The minimum Gasteiger partial charge on any atom is -0.502 e. The summed E-state index contributed by atoms with van der Waals surface area (Å²) in [6.45, 7) is 1.04. The molecule has 0 atom stereocenters. The molecule has 1 amide bonds. The lowest BCUT2D eigenvalue weighted by Gasteiger charge is -2.26. The number of aromatic hydroxyl groups is 1. The summed E-state index contributed by atoms with van der Waals surface area (Å²) in [4.78, 5) is 24.2. The SMILES string of the molecule is O=C(c1ccc([N+](=O)[O-])c(O)c1)N1CC=C(c2ccccc2)CC1. The Morgan fingerprint density at radius 1 is 1.17 bits per heavy atom. The lowest BCUT2D eigenvalue weighted by atomic mass is 9.99. The van der Waals surface area contributed by atoms with Crippen LogP contribution in [0.3, 0.4) is 0 Å². The van der Waals surface area contributed by atoms with Gasteiger partial charge in [0.15, 0.2) is 5.75 Å². The highest BCUT2D eigenvalue weighted by atomic mass is 16.6. The van der Waals surface area contributed by atoms with E-state index in [0.29, 0.717) is 13.1 Å². The van der Waals surface area contributed by atoms with Crippen molar-refractivity contribution in [2.45, 2.75) is 6.42 Å². The molecule has 1 aliphatic rings. The minimum atomic E-state index is -0.681. The second-order valence-corrected chi connectivity index (χ2v) is 5.56. The number of benzene rings is 2. The fourth-order valence-corrected chi connectivity index (χ4v) is 2.76. The quantitative estimate of drug-likeness (QED) is 0.694. The number of nitro groups is 1. The zero-order chi connectivity index (χ0) is 17.1. The highest BCUT2D eigenvalue weighted by molar-refractivity contribution is 5.95. The molecule has 0 spiro atoms. The summed E-state index contributed by atoms with van der Waals surface area (Å²) in [6, 6.07) is 13.7. The molecule has 1 heterocycles. The maximum Gasteiger partial charge on any atom is 0.310 e. The summed E-state index contributed by atoms with van der Waals surface area (Å²) < 4.78 is 0. The molecule has 24 heavy (non-hydrogen) atoms. The third-order valence-electron chi connectivity index (χ3n) is 4.06. The molecular formula is C18H16N2O4. The molecule has 0 aliphatic carbocycles. The van der Waals surface area contributed by atoms with Crippen molar-refractivity contribution in [1.29, 1.82) is 0 Å². The largest absolute Gasteiger partial charge is 0.502 e. The van der Waals surface area contributed by atoms with Crippen LogP contribution in [0.15, 0.2) is 54.6 Å². The number of amides is 1. The lowest BCUT2D eigenvalue weighted by Crippen LogP contribution is -2.34. The van der Waals surface area contributed by atoms with Gasteiger partial charge in [-0.3, -0.25) is 14.9 Å². The second kappa shape index (κ2) is 6.54. The van der Waals surface area contributed by atoms with Gasteiger partial charge in [-0.25, -0.2) is 0 Å². The molecule has 6 nitrogen and oxygen atoms in total. The Kier molecular flexibility index (Phi) is 4.29. The third-order valence-corrected chi connectivity index (χ3v) is 4.06. The van der Waals surface area contributed by atoms with Crippen molar-refractivity contribution < 1.29 is 14.8 Å². The number of hydrogen-bond acceptors (Lipinski definition) is 4. The first kappa shape index (κ1) is 15.7. The van der Waals surface area contributed by atoms with Crippen LogP contribution in [0, 0.1) is 10.1 Å². The van der Waals surface area contributed by atoms with E-state index in [4.69, 9.17) is 0 Å². The Hall–Kier alpha value is -3.15. The van der Waals surface area contributed by atoms with E-state index in [2.05, 4.69) is 0 Å². The van der Waals surface area contributed by atoms with Crippen LogP contribution in [0.2, 0.25) is 0 Å². The Morgan fingerprint density at radius 3 is 2.50 bits per heavy atom. The van der Waals surface area contributed by atoms with Crippen molar-refractivity contribution in [2.75, 3.05) is 13.1 Å². The molecule has 6 heteroatoms. The molecule has 0 unspecified atom stereocenters. The summed E-state index contributed by atoms with van der Waals surface area (Å²) in [5.74, 6) is -0.744. The van der Waals surface area contributed by atoms with E-state index in [1.54, 1.807) is 4.90 Å². The van der Waals surface area contributed by atoms with Gasteiger partial charge < -0.3 is 10.0 Å². The topological polar surface area (TPSA) is 83.7 Å². The summed E-state index contributed by atoms with van der Waals surface area (Å²) in [5, 5.41) is 20.4. The van der Waals surface area contributed by atoms with Crippen molar-refractivity contribution in [3.8, 4) is 5.75 Å². The van der Waals surface area contributed by atoms with E-state index in [9.17, 15) is 20.0 Å². The zero-order valence-corrected chi connectivity index (χ0v) is 12.9. The Morgan fingerprint density at radius 2 is 1.92 bits per heavy atom. The Balaban J connectivity index is 1.75. The molecule has 0 saturated carbocycles. The van der Waals surface area contributed by atoms with Crippen LogP contribution >= 0.6 is 0 Å². The molecule has 3 rings (SSSR count). The molecular weight excluding hydrogens is 308 g/mol. The number of rotatable bonds is 3. The molecule has 1 aliphatic heterocycles. The van der Waals surface area contributed by atoms with Crippen LogP contribution in [-0.4, -0.2) is 33.9 Å². The van der Waals surface area contributed by atoms with Gasteiger partial charge in [-0.05, 0) is 29.7 Å². The van der Waals surface area contributed by atoms with Gasteiger partial charge >= 0.3 is 5.69 Å². The minimum absolute atomic E-state index is 0.245. The predicted molar refractivity (Wildman–Crippen MR) is 89.7 cm³/mol. The fourth-order valence-electron chi connectivity index (χ4n) is 2.76. The number of phenols is 1. The van der Waals surface area contributed by atoms with E-state index >= 15 is 0 Å². The number of carbonyl (C=O) groups is 1. The van der Waals surface area contributed by atoms with Gasteiger partial charge in [0.05, 0.1) is 4.92 Å². The molecule has 1 N–H and O–H groups in total. The third kappa shape index (κ3) is 3.12. The number of phenolic OH excluding ortho intramolecular Hbond substituents is 1. The van der Waals surface area contributed by atoms with E-state index in [1.807, 2.05) is 36.4 Å². The molecule has 0 aromatic heterocycles. The standard InChI is InChI=1S/C18H16N2O4/c21-17-12-15(6-7-16(17)20(23)24)18(22)19-10-8-14(9-11-19)13-4-2-1-3-5-13/h1-8,12,21H,9-11H2. The first-order valence-corrected chi connectivity index (χ1v) is 7.57. The van der Waals surface area contributed by atoms with E-state index in [0.717, 1.165) is 24.1 Å². The van der Waals surface area contributed by atoms with Gasteiger partial charge in [0.1, 0.15) is 0 Å². The number of carbonyl (C=O) groups excluding carboxylic acids is 1.